The number of benzene rings is 1. The number of anilines is 1. The number of aromatic nitrogens is 3. The molecule has 0 amide bonds. The second-order valence-corrected chi connectivity index (χ2v) is 8.61. The number of halogens is 2. The van der Waals surface area contributed by atoms with Crippen molar-refractivity contribution in [3.05, 3.63) is 58.0 Å². The molecular weight excluding hydrogens is 423 g/mol. The van der Waals surface area contributed by atoms with Crippen LogP contribution in [0.5, 0.6) is 0 Å². The second kappa shape index (κ2) is 8.53. The molecule has 2 aromatic heterocycles. The van der Waals surface area contributed by atoms with E-state index in [1.807, 2.05) is 24.3 Å². The Morgan fingerprint density at radius 3 is 2.37 bits per heavy atom. The van der Waals surface area contributed by atoms with Crippen LogP contribution in [0.25, 0.3) is 11.3 Å². The van der Waals surface area contributed by atoms with Gasteiger partial charge in [0, 0.05) is 42.5 Å². The first kappa shape index (κ1) is 19.8. The van der Waals surface area contributed by atoms with Gasteiger partial charge in [-0.15, -0.1) is 0 Å². The van der Waals surface area contributed by atoms with Crippen molar-refractivity contribution in [2.24, 2.45) is 0 Å². The van der Waals surface area contributed by atoms with Gasteiger partial charge < -0.3 is 14.2 Å². The van der Waals surface area contributed by atoms with Crippen molar-refractivity contribution in [1.29, 1.82) is 0 Å². The van der Waals surface area contributed by atoms with Crippen molar-refractivity contribution in [1.82, 2.24) is 15.1 Å². The number of rotatable bonds is 6. The second-order valence-electron chi connectivity index (χ2n) is 7.79. The van der Waals surface area contributed by atoms with Gasteiger partial charge in [-0.2, -0.15) is 0 Å². The summed E-state index contributed by atoms with van der Waals surface area (Å²) in [5, 5.41) is 5.47. The van der Waals surface area contributed by atoms with E-state index in [4.69, 9.17) is 32.5 Å². The summed E-state index contributed by atoms with van der Waals surface area (Å²) >= 11 is 12.9. The van der Waals surface area contributed by atoms with Crippen LogP contribution < -0.4 is 4.90 Å². The molecule has 30 heavy (non-hydrogen) atoms. The van der Waals surface area contributed by atoms with Crippen molar-refractivity contribution in [2.45, 2.75) is 44.3 Å². The van der Waals surface area contributed by atoms with Gasteiger partial charge in [0.25, 0.3) is 0 Å². The fourth-order valence-corrected chi connectivity index (χ4v) is 4.50. The number of piperidine rings is 1. The summed E-state index contributed by atoms with van der Waals surface area (Å²) in [6, 6.07) is 7.30. The lowest BCUT2D eigenvalue weighted by atomic mass is 10.0. The van der Waals surface area contributed by atoms with E-state index in [-0.39, 0.29) is 6.10 Å². The Kier molecular flexibility index (Phi) is 5.63. The minimum Gasteiger partial charge on any atom is -0.373 e. The average Bonchev–Trinajstić information content (AvgIpc) is 3.54. The van der Waals surface area contributed by atoms with Gasteiger partial charge in [-0.25, -0.2) is 9.97 Å². The highest BCUT2D eigenvalue weighted by Crippen LogP contribution is 2.46. The molecule has 0 atom stereocenters. The molecule has 0 spiro atoms. The van der Waals surface area contributed by atoms with Crippen molar-refractivity contribution in [3.63, 3.8) is 0 Å². The molecule has 8 heteroatoms. The number of ether oxygens (including phenoxy) is 1. The van der Waals surface area contributed by atoms with Gasteiger partial charge in [0.15, 0.2) is 0 Å². The molecule has 6 nitrogen and oxygen atoms in total. The van der Waals surface area contributed by atoms with Crippen LogP contribution in [0.2, 0.25) is 10.0 Å². The van der Waals surface area contributed by atoms with Crippen molar-refractivity contribution in [3.8, 4) is 11.3 Å². The van der Waals surface area contributed by atoms with Crippen LogP contribution in [0.1, 0.15) is 42.9 Å². The fourth-order valence-electron chi connectivity index (χ4n) is 3.93. The maximum Gasteiger partial charge on any atom is 0.225 e. The van der Waals surface area contributed by atoms with E-state index in [1.54, 1.807) is 12.4 Å². The third-order valence-corrected chi connectivity index (χ3v) is 6.34. The summed E-state index contributed by atoms with van der Waals surface area (Å²) in [4.78, 5) is 10.9. The molecule has 2 aliphatic rings. The molecule has 3 aromatic rings. The van der Waals surface area contributed by atoms with E-state index < -0.39 is 0 Å². The highest BCUT2D eigenvalue weighted by atomic mass is 35.5. The highest BCUT2D eigenvalue weighted by Gasteiger charge is 2.34. The van der Waals surface area contributed by atoms with E-state index in [9.17, 15) is 0 Å². The molecule has 0 bridgehead atoms. The molecule has 1 aliphatic carbocycles. The standard InChI is InChI=1S/C22H22Cl2N4O2/c23-17-3-1-4-18(24)19(17)20-16(21(30-27-20)14-5-6-14)13-29-15-7-11-28(12-8-15)22-25-9-2-10-26-22/h1-4,9-10,14-15H,5-8,11-13H2. The predicted octanol–water partition coefficient (Wildman–Crippen LogP) is 5.50. The first-order valence-corrected chi connectivity index (χ1v) is 11.0. The van der Waals surface area contributed by atoms with Crippen molar-refractivity contribution >= 4 is 29.2 Å². The Bertz CT molecular complexity index is 995. The Morgan fingerprint density at radius 2 is 1.70 bits per heavy atom. The summed E-state index contributed by atoms with van der Waals surface area (Å²) in [6.07, 6.45) is 7.80. The van der Waals surface area contributed by atoms with Crippen LogP contribution in [0.3, 0.4) is 0 Å². The van der Waals surface area contributed by atoms with E-state index in [1.165, 1.54) is 0 Å². The van der Waals surface area contributed by atoms with Crippen molar-refractivity contribution < 1.29 is 9.26 Å². The Balaban J connectivity index is 1.30. The normalized spacial score (nSPS) is 17.5. The lowest BCUT2D eigenvalue weighted by molar-refractivity contribution is 0.0245. The molecule has 156 valence electrons. The van der Waals surface area contributed by atoms with Gasteiger partial charge >= 0.3 is 0 Å². The third-order valence-electron chi connectivity index (χ3n) is 5.71. The molecule has 5 rings (SSSR count). The first-order valence-electron chi connectivity index (χ1n) is 10.3. The Morgan fingerprint density at radius 1 is 1.00 bits per heavy atom. The van der Waals surface area contributed by atoms with Crippen LogP contribution in [0.15, 0.2) is 41.2 Å². The van der Waals surface area contributed by atoms with Crippen LogP contribution in [-0.4, -0.2) is 34.3 Å². The van der Waals surface area contributed by atoms with Gasteiger partial charge in [0.05, 0.1) is 22.8 Å². The van der Waals surface area contributed by atoms with Gasteiger partial charge in [0.2, 0.25) is 5.95 Å². The fraction of sp³-hybridized carbons (Fsp3) is 0.409. The molecule has 1 saturated carbocycles. The zero-order valence-electron chi connectivity index (χ0n) is 16.4. The first-order chi connectivity index (χ1) is 14.7. The van der Waals surface area contributed by atoms with E-state index in [0.29, 0.717) is 33.8 Å². The van der Waals surface area contributed by atoms with Crippen LogP contribution in [0.4, 0.5) is 5.95 Å². The molecule has 0 radical (unpaired) electrons. The van der Waals surface area contributed by atoms with E-state index >= 15 is 0 Å². The number of hydrogen-bond acceptors (Lipinski definition) is 6. The molecule has 1 aliphatic heterocycles. The zero-order valence-corrected chi connectivity index (χ0v) is 17.9. The van der Waals surface area contributed by atoms with Gasteiger partial charge in [-0.3, -0.25) is 0 Å². The summed E-state index contributed by atoms with van der Waals surface area (Å²) in [6.45, 7) is 2.19. The van der Waals surface area contributed by atoms with E-state index in [2.05, 4.69) is 20.0 Å². The zero-order chi connectivity index (χ0) is 20.5. The average molecular weight is 445 g/mol. The molecule has 1 saturated heterocycles. The molecule has 0 unspecified atom stereocenters. The smallest absolute Gasteiger partial charge is 0.225 e. The summed E-state index contributed by atoms with van der Waals surface area (Å²) in [7, 11) is 0. The monoisotopic (exact) mass is 444 g/mol. The largest absolute Gasteiger partial charge is 0.373 e. The van der Waals surface area contributed by atoms with Crippen molar-refractivity contribution in [2.75, 3.05) is 18.0 Å². The Labute approximate surface area is 185 Å². The Hall–Kier alpha value is -2.15. The van der Waals surface area contributed by atoms with Gasteiger partial charge in [0.1, 0.15) is 11.5 Å². The topological polar surface area (TPSA) is 64.3 Å². The van der Waals surface area contributed by atoms with E-state index in [0.717, 1.165) is 56.0 Å². The van der Waals surface area contributed by atoms with Crippen LogP contribution in [0, 0.1) is 0 Å². The molecule has 1 aromatic carbocycles. The molecule has 2 fully saturated rings. The predicted molar refractivity (Wildman–Crippen MR) is 116 cm³/mol. The summed E-state index contributed by atoms with van der Waals surface area (Å²) in [5.74, 6) is 2.11. The maximum atomic E-state index is 6.44. The number of hydrogen-bond donors (Lipinski definition) is 0. The SMILES string of the molecule is Clc1cccc(Cl)c1-c1noc(C2CC2)c1COC1CCN(c2ncccn2)CC1. The van der Waals surface area contributed by atoms with Crippen LogP contribution in [-0.2, 0) is 11.3 Å². The van der Waals surface area contributed by atoms with Crippen LogP contribution >= 0.6 is 23.2 Å². The number of nitrogens with zero attached hydrogens (tertiary/aromatic N) is 4. The summed E-state index contributed by atoms with van der Waals surface area (Å²) in [5.41, 5.74) is 2.38. The lowest BCUT2D eigenvalue weighted by Crippen LogP contribution is -2.37. The van der Waals surface area contributed by atoms with Gasteiger partial charge in [-0.05, 0) is 43.9 Å². The third kappa shape index (κ3) is 4.04. The molecular formula is C22H22Cl2N4O2. The molecule has 3 heterocycles. The minimum atomic E-state index is 0.168. The van der Waals surface area contributed by atoms with Gasteiger partial charge in [-0.1, -0.05) is 34.4 Å². The summed E-state index contributed by atoms with van der Waals surface area (Å²) < 4.78 is 12.0. The minimum absolute atomic E-state index is 0.168. The molecule has 0 N–H and O–H groups in total. The highest BCUT2D eigenvalue weighted by molar-refractivity contribution is 6.39. The maximum absolute atomic E-state index is 6.44. The lowest BCUT2D eigenvalue weighted by Gasteiger charge is -2.31. The quantitative estimate of drug-likeness (QED) is 0.499.